The molecule has 0 spiro atoms. The molecule has 2 aromatic heterocycles. The smallest absolute Gasteiger partial charge is 0.316 e. The van der Waals surface area contributed by atoms with Crippen molar-refractivity contribution in [2.24, 2.45) is 0 Å². The fourth-order valence-corrected chi connectivity index (χ4v) is 2.49. The van der Waals surface area contributed by atoms with Crippen LogP contribution >= 0.6 is 0 Å². The van der Waals surface area contributed by atoms with Crippen molar-refractivity contribution in [3.8, 4) is 0 Å². The third-order valence-electron chi connectivity index (χ3n) is 3.59. The van der Waals surface area contributed by atoms with Gasteiger partial charge in [0.1, 0.15) is 0 Å². The molecule has 20 heavy (non-hydrogen) atoms. The Balaban J connectivity index is 1.93. The van der Waals surface area contributed by atoms with E-state index in [2.05, 4.69) is 15.4 Å². The first kappa shape index (κ1) is 13.4. The van der Waals surface area contributed by atoms with Gasteiger partial charge in [-0.1, -0.05) is 6.42 Å². The number of alkyl halides is 3. The molecule has 0 bridgehead atoms. The van der Waals surface area contributed by atoms with Crippen molar-refractivity contribution in [2.75, 3.05) is 13.1 Å². The molecule has 0 saturated carbocycles. The van der Waals surface area contributed by atoms with Crippen LogP contribution in [0.1, 0.15) is 36.6 Å². The molecule has 1 aliphatic rings. The average Bonchev–Trinajstić information content (AvgIpc) is 2.63. The molecular formula is C13H15F3N4. The maximum absolute atomic E-state index is 12.7. The Morgan fingerprint density at radius 2 is 2.15 bits per heavy atom. The Labute approximate surface area is 114 Å². The molecule has 0 radical (unpaired) electrons. The van der Waals surface area contributed by atoms with E-state index in [9.17, 15) is 13.2 Å². The van der Waals surface area contributed by atoms with Gasteiger partial charge in [-0.05, 0) is 31.5 Å². The van der Waals surface area contributed by atoms with Gasteiger partial charge in [0.25, 0.3) is 0 Å². The fraction of sp³-hybridized carbons (Fsp3) is 0.538. The molecule has 3 rings (SSSR count). The molecule has 108 valence electrons. The fourth-order valence-electron chi connectivity index (χ4n) is 2.49. The second-order valence-corrected chi connectivity index (χ2v) is 5.08. The van der Waals surface area contributed by atoms with Gasteiger partial charge >= 0.3 is 6.18 Å². The predicted octanol–water partition coefficient (Wildman–Crippen LogP) is 2.61. The summed E-state index contributed by atoms with van der Waals surface area (Å²) in [5.74, 6) is 0.797. The number of nitrogens with one attached hydrogen (secondary N) is 1. The summed E-state index contributed by atoms with van der Waals surface area (Å²) in [5, 5.41) is 7.61. The molecule has 1 aliphatic heterocycles. The third kappa shape index (κ3) is 2.63. The summed E-state index contributed by atoms with van der Waals surface area (Å²) in [5.41, 5.74) is -0.443. The molecule has 7 heteroatoms. The molecule has 1 unspecified atom stereocenters. The number of fused-ring (bicyclic) bond motifs is 1. The highest BCUT2D eigenvalue weighted by molar-refractivity contribution is 5.41. The van der Waals surface area contributed by atoms with E-state index in [0.29, 0.717) is 5.82 Å². The van der Waals surface area contributed by atoms with E-state index in [1.54, 1.807) is 0 Å². The Kier molecular flexibility index (Phi) is 3.37. The molecule has 0 amide bonds. The molecule has 3 heterocycles. The van der Waals surface area contributed by atoms with Crippen LogP contribution in [0.3, 0.4) is 0 Å². The van der Waals surface area contributed by atoms with Crippen LogP contribution in [-0.2, 0) is 6.18 Å². The largest absolute Gasteiger partial charge is 0.416 e. The lowest BCUT2D eigenvalue weighted by molar-refractivity contribution is -0.137. The minimum Gasteiger partial charge on any atom is -0.316 e. The Morgan fingerprint density at radius 1 is 1.30 bits per heavy atom. The Morgan fingerprint density at radius 3 is 2.95 bits per heavy atom. The van der Waals surface area contributed by atoms with Gasteiger partial charge < -0.3 is 5.32 Å². The van der Waals surface area contributed by atoms with E-state index in [1.807, 2.05) is 0 Å². The molecule has 4 nitrogen and oxygen atoms in total. The van der Waals surface area contributed by atoms with E-state index >= 15 is 0 Å². The van der Waals surface area contributed by atoms with Gasteiger partial charge in [-0.15, -0.1) is 0 Å². The lowest BCUT2D eigenvalue weighted by atomic mass is 10.0. The van der Waals surface area contributed by atoms with Gasteiger partial charge in [0.05, 0.1) is 5.56 Å². The molecule has 1 fully saturated rings. The summed E-state index contributed by atoms with van der Waals surface area (Å²) in [4.78, 5) is 4.26. The minimum absolute atomic E-state index is 0.173. The van der Waals surface area contributed by atoms with Crippen LogP contribution in [0.4, 0.5) is 13.2 Å². The van der Waals surface area contributed by atoms with Crippen LogP contribution in [0.5, 0.6) is 0 Å². The van der Waals surface area contributed by atoms with E-state index in [-0.39, 0.29) is 11.6 Å². The number of hydrogen-bond acceptors (Lipinski definition) is 3. The molecule has 1 saturated heterocycles. The molecule has 0 aromatic carbocycles. The SMILES string of the molecule is FC(F)(F)c1ccn2nc(C3CCCCNC3)nc2c1. The summed E-state index contributed by atoms with van der Waals surface area (Å²) in [6.07, 6.45) is 0.135. The van der Waals surface area contributed by atoms with Crippen LogP contribution in [0.2, 0.25) is 0 Å². The van der Waals surface area contributed by atoms with Crippen molar-refractivity contribution in [3.63, 3.8) is 0 Å². The number of aromatic nitrogens is 3. The molecule has 0 aliphatic carbocycles. The minimum atomic E-state index is -4.35. The third-order valence-corrected chi connectivity index (χ3v) is 3.59. The van der Waals surface area contributed by atoms with Gasteiger partial charge in [-0.3, -0.25) is 0 Å². The molecule has 1 N–H and O–H groups in total. The summed E-state index contributed by atoms with van der Waals surface area (Å²) in [6.45, 7) is 1.76. The Hall–Kier alpha value is -1.63. The zero-order chi connectivity index (χ0) is 14.2. The van der Waals surface area contributed by atoms with Crippen molar-refractivity contribution < 1.29 is 13.2 Å². The first-order valence-corrected chi connectivity index (χ1v) is 6.68. The predicted molar refractivity (Wildman–Crippen MR) is 67.5 cm³/mol. The van der Waals surface area contributed by atoms with E-state index in [4.69, 9.17) is 0 Å². The highest BCUT2D eigenvalue weighted by atomic mass is 19.4. The van der Waals surface area contributed by atoms with E-state index in [0.717, 1.165) is 44.5 Å². The number of halogens is 3. The van der Waals surface area contributed by atoms with Gasteiger partial charge in [0.15, 0.2) is 11.5 Å². The maximum Gasteiger partial charge on any atom is 0.416 e. The van der Waals surface area contributed by atoms with Crippen LogP contribution < -0.4 is 5.32 Å². The number of pyridine rings is 1. The Bertz CT molecular complexity index is 597. The van der Waals surface area contributed by atoms with Crippen molar-refractivity contribution in [3.05, 3.63) is 29.7 Å². The normalized spacial score (nSPS) is 21.1. The zero-order valence-corrected chi connectivity index (χ0v) is 10.8. The van der Waals surface area contributed by atoms with Crippen LogP contribution in [0.15, 0.2) is 18.3 Å². The highest BCUT2D eigenvalue weighted by Crippen LogP contribution is 2.30. The van der Waals surface area contributed by atoms with E-state index < -0.39 is 11.7 Å². The number of hydrogen-bond donors (Lipinski definition) is 1. The lowest BCUT2D eigenvalue weighted by Crippen LogP contribution is -2.20. The van der Waals surface area contributed by atoms with Crippen molar-refractivity contribution in [1.29, 1.82) is 0 Å². The first-order chi connectivity index (χ1) is 9.54. The van der Waals surface area contributed by atoms with Crippen LogP contribution in [-0.4, -0.2) is 27.7 Å². The van der Waals surface area contributed by atoms with Crippen LogP contribution in [0.25, 0.3) is 5.65 Å². The van der Waals surface area contributed by atoms with Gasteiger partial charge in [0.2, 0.25) is 0 Å². The first-order valence-electron chi connectivity index (χ1n) is 6.68. The summed E-state index contributed by atoms with van der Waals surface area (Å²) in [7, 11) is 0. The standard InChI is InChI=1S/C13H15F3N4/c14-13(15,16)10-4-6-20-11(7-10)18-12(19-20)9-3-1-2-5-17-8-9/h4,6-7,9,17H,1-3,5,8H2. The van der Waals surface area contributed by atoms with Crippen molar-refractivity contribution in [2.45, 2.75) is 31.4 Å². The van der Waals surface area contributed by atoms with Gasteiger partial charge in [-0.25, -0.2) is 9.50 Å². The van der Waals surface area contributed by atoms with E-state index in [1.165, 1.54) is 10.7 Å². The van der Waals surface area contributed by atoms with Gasteiger partial charge in [-0.2, -0.15) is 18.3 Å². The van der Waals surface area contributed by atoms with Crippen molar-refractivity contribution in [1.82, 2.24) is 19.9 Å². The second-order valence-electron chi connectivity index (χ2n) is 5.08. The number of rotatable bonds is 1. The maximum atomic E-state index is 12.7. The van der Waals surface area contributed by atoms with Crippen molar-refractivity contribution >= 4 is 5.65 Å². The average molecular weight is 284 g/mol. The summed E-state index contributed by atoms with van der Waals surface area (Å²) < 4.78 is 39.4. The second kappa shape index (κ2) is 5.05. The summed E-state index contributed by atoms with van der Waals surface area (Å²) >= 11 is 0. The molecule has 1 atom stereocenters. The summed E-state index contributed by atoms with van der Waals surface area (Å²) in [6, 6.07) is 2.07. The monoisotopic (exact) mass is 284 g/mol. The van der Waals surface area contributed by atoms with Crippen LogP contribution in [0, 0.1) is 0 Å². The highest BCUT2D eigenvalue weighted by Gasteiger charge is 2.31. The van der Waals surface area contributed by atoms with Gasteiger partial charge in [0, 0.05) is 18.7 Å². The lowest BCUT2D eigenvalue weighted by Gasteiger charge is -2.08. The zero-order valence-electron chi connectivity index (χ0n) is 10.8. The quantitative estimate of drug-likeness (QED) is 0.875. The molecule has 2 aromatic rings. The molecular weight excluding hydrogens is 269 g/mol. The topological polar surface area (TPSA) is 42.2 Å². The number of nitrogens with zero attached hydrogens (tertiary/aromatic N) is 3.